The van der Waals surface area contributed by atoms with Crippen LogP contribution in [0.3, 0.4) is 0 Å². The lowest BCUT2D eigenvalue weighted by atomic mass is 10.1. The van der Waals surface area contributed by atoms with Gasteiger partial charge in [0, 0.05) is 19.3 Å². The van der Waals surface area contributed by atoms with Gasteiger partial charge in [-0.25, -0.2) is 0 Å². The van der Waals surface area contributed by atoms with Gasteiger partial charge in [0.25, 0.3) is 0 Å². The summed E-state index contributed by atoms with van der Waals surface area (Å²) in [5.41, 5.74) is 0. The zero-order valence-corrected chi connectivity index (χ0v) is 43.5. The smallest absolute Gasteiger partial charge is 0.306 e. The highest BCUT2D eigenvalue weighted by atomic mass is 16.6. The standard InChI is InChI=1S/C59H108O6/c1-4-7-10-13-16-19-22-25-27-29-31-34-37-40-43-46-49-52-58(61)64-55-56(54-63-57(60)51-48-45-42-39-36-33-24-21-18-15-12-9-6-3)65-59(62)53-50-47-44-41-38-35-32-30-28-26-23-20-17-14-11-8-5-2/h21,24-28,56H,4-20,22-23,29-55H2,1-3H3. The number of unbranched alkanes of at least 4 members (excludes halogenated alkanes) is 35. The van der Waals surface area contributed by atoms with Gasteiger partial charge in [-0.15, -0.1) is 0 Å². The van der Waals surface area contributed by atoms with Crippen LogP contribution in [0.25, 0.3) is 0 Å². The summed E-state index contributed by atoms with van der Waals surface area (Å²) in [6.45, 7) is 6.63. The van der Waals surface area contributed by atoms with Gasteiger partial charge < -0.3 is 14.2 Å². The summed E-state index contributed by atoms with van der Waals surface area (Å²) < 4.78 is 16.9. The molecular formula is C59H108O6. The van der Waals surface area contributed by atoms with Crippen LogP contribution >= 0.6 is 0 Å². The predicted molar refractivity (Wildman–Crippen MR) is 279 cm³/mol. The van der Waals surface area contributed by atoms with Crippen molar-refractivity contribution in [3.8, 4) is 0 Å². The van der Waals surface area contributed by atoms with Crippen LogP contribution in [-0.2, 0) is 28.6 Å². The largest absolute Gasteiger partial charge is 0.462 e. The van der Waals surface area contributed by atoms with Crippen molar-refractivity contribution in [2.24, 2.45) is 0 Å². The minimum atomic E-state index is -0.777. The summed E-state index contributed by atoms with van der Waals surface area (Å²) in [5, 5.41) is 0. The number of ether oxygens (including phenoxy) is 3. The average molecular weight is 914 g/mol. The van der Waals surface area contributed by atoms with Crippen molar-refractivity contribution in [3.05, 3.63) is 36.5 Å². The number of hydrogen-bond donors (Lipinski definition) is 0. The van der Waals surface area contributed by atoms with Gasteiger partial charge in [-0.2, -0.15) is 0 Å². The highest BCUT2D eigenvalue weighted by Gasteiger charge is 2.19. The van der Waals surface area contributed by atoms with E-state index in [0.717, 1.165) is 64.2 Å². The number of esters is 3. The summed E-state index contributed by atoms with van der Waals surface area (Å²) in [6.07, 6.45) is 64.1. The van der Waals surface area contributed by atoms with Gasteiger partial charge in [0.2, 0.25) is 0 Å². The topological polar surface area (TPSA) is 78.9 Å². The molecule has 0 N–H and O–H groups in total. The molecule has 6 nitrogen and oxygen atoms in total. The lowest BCUT2D eigenvalue weighted by Crippen LogP contribution is -2.30. The van der Waals surface area contributed by atoms with Crippen LogP contribution in [0.2, 0.25) is 0 Å². The van der Waals surface area contributed by atoms with Crippen molar-refractivity contribution in [3.63, 3.8) is 0 Å². The average Bonchev–Trinajstić information content (AvgIpc) is 3.30. The summed E-state index contributed by atoms with van der Waals surface area (Å²) in [6, 6.07) is 0. The zero-order chi connectivity index (χ0) is 47.2. The van der Waals surface area contributed by atoms with Crippen LogP contribution in [0.1, 0.15) is 303 Å². The molecule has 1 unspecified atom stereocenters. The number of allylic oxidation sites excluding steroid dienone is 6. The molecule has 0 radical (unpaired) electrons. The van der Waals surface area contributed by atoms with Gasteiger partial charge in [0.1, 0.15) is 13.2 Å². The first kappa shape index (κ1) is 62.6. The molecule has 0 aromatic rings. The van der Waals surface area contributed by atoms with E-state index < -0.39 is 6.10 Å². The molecule has 0 aromatic carbocycles. The fourth-order valence-electron chi connectivity index (χ4n) is 8.25. The third-order valence-electron chi connectivity index (χ3n) is 12.6. The van der Waals surface area contributed by atoms with Crippen LogP contribution in [0, 0.1) is 0 Å². The molecule has 0 aliphatic heterocycles. The summed E-state index contributed by atoms with van der Waals surface area (Å²) in [5.74, 6) is -0.880. The second-order valence-corrected chi connectivity index (χ2v) is 19.2. The third kappa shape index (κ3) is 52.5. The van der Waals surface area contributed by atoms with E-state index >= 15 is 0 Å². The Morgan fingerprint density at radius 1 is 0.292 bits per heavy atom. The Morgan fingerprint density at radius 2 is 0.508 bits per heavy atom. The number of carbonyl (C=O) groups excluding carboxylic acids is 3. The first-order chi connectivity index (χ1) is 32.0. The SMILES string of the molecule is CCCCCCC=CCCCCCCCC(=O)OCC(COC(=O)CCCCCCCCCC=CCCCCCCCC)OC(=O)CCCCCCCCCC=CCCCCCCCC. The maximum atomic E-state index is 12.8. The van der Waals surface area contributed by atoms with E-state index in [2.05, 4.69) is 57.2 Å². The van der Waals surface area contributed by atoms with E-state index in [4.69, 9.17) is 14.2 Å². The van der Waals surface area contributed by atoms with E-state index in [-0.39, 0.29) is 31.1 Å². The zero-order valence-electron chi connectivity index (χ0n) is 43.5. The summed E-state index contributed by atoms with van der Waals surface area (Å²) >= 11 is 0. The van der Waals surface area contributed by atoms with Crippen LogP contribution < -0.4 is 0 Å². The number of rotatable bonds is 52. The maximum Gasteiger partial charge on any atom is 0.306 e. The Morgan fingerprint density at radius 3 is 0.785 bits per heavy atom. The Hall–Kier alpha value is -2.37. The fraction of sp³-hybridized carbons (Fsp3) is 0.847. The minimum absolute atomic E-state index is 0.0767. The van der Waals surface area contributed by atoms with Crippen molar-refractivity contribution >= 4 is 17.9 Å². The molecule has 0 saturated carbocycles. The number of hydrogen-bond acceptors (Lipinski definition) is 6. The molecule has 0 heterocycles. The van der Waals surface area contributed by atoms with Crippen LogP contribution in [0.5, 0.6) is 0 Å². The molecule has 6 heteroatoms. The Bertz CT molecular complexity index is 1090. The van der Waals surface area contributed by atoms with E-state index in [0.29, 0.717) is 19.3 Å². The van der Waals surface area contributed by atoms with Crippen molar-refractivity contribution in [2.45, 2.75) is 309 Å². The van der Waals surface area contributed by atoms with Crippen LogP contribution in [0.4, 0.5) is 0 Å². The predicted octanol–water partition coefficient (Wildman–Crippen LogP) is 18.9. The molecule has 0 amide bonds. The molecule has 0 spiro atoms. The van der Waals surface area contributed by atoms with E-state index in [1.54, 1.807) is 0 Å². The van der Waals surface area contributed by atoms with Crippen molar-refractivity contribution in [1.29, 1.82) is 0 Å². The maximum absolute atomic E-state index is 12.8. The van der Waals surface area contributed by atoms with Crippen molar-refractivity contribution in [1.82, 2.24) is 0 Å². The van der Waals surface area contributed by atoms with Crippen molar-refractivity contribution < 1.29 is 28.6 Å². The highest BCUT2D eigenvalue weighted by Crippen LogP contribution is 2.15. The van der Waals surface area contributed by atoms with Gasteiger partial charge >= 0.3 is 17.9 Å². The monoisotopic (exact) mass is 913 g/mol. The minimum Gasteiger partial charge on any atom is -0.462 e. The molecular weight excluding hydrogens is 805 g/mol. The normalized spacial score (nSPS) is 12.2. The lowest BCUT2D eigenvalue weighted by Gasteiger charge is -2.18. The van der Waals surface area contributed by atoms with Gasteiger partial charge in [-0.1, -0.05) is 224 Å². The van der Waals surface area contributed by atoms with E-state index in [9.17, 15) is 14.4 Å². The summed E-state index contributed by atoms with van der Waals surface area (Å²) in [4.78, 5) is 38.1. The van der Waals surface area contributed by atoms with Gasteiger partial charge in [-0.3, -0.25) is 14.4 Å². The molecule has 0 aromatic heterocycles. The first-order valence-corrected chi connectivity index (χ1v) is 28.5. The fourth-order valence-corrected chi connectivity index (χ4v) is 8.25. The van der Waals surface area contributed by atoms with Gasteiger partial charge in [0.15, 0.2) is 6.10 Å². The second-order valence-electron chi connectivity index (χ2n) is 19.2. The van der Waals surface area contributed by atoms with Crippen molar-refractivity contribution in [2.75, 3.05) is 13.2 Å². The molecule has 0 saturated heterocycles. The molecule has 1 atom stereocenters. The van der Waals surface area contributed by atoms with Gasteiger partial charge in [-0.05, 0) is 96.3 Å². The first-order valence-electron chi connectivity index (χ1n) is 28.5. The molecule has 0 rings (SSSR count). The quantitative estimate of drug-likeness (QED) is 0.0262. The molecule has 0 fully saturated rings. The Balaban J connectivity index is 4.36. The van der Waals surface area contributed by atoms with Crippen LogP contribution in [-0.4, -0.2) is 37.2 Å². The Labute approximate surface area is 404 Å². The molecule has 0 aliphatic carbocycles. The van der Waals surface area contributed by atoms with E-state index in [1.807, 2.05) is 0 Å². The third-order valence-corrected chi connectivity index (χ3v) is 12.6. The Kier molecular flexibility index (Phi) is 52.3. The molecule has 0 bridgehead atoms. The molecule has 380 valence electrons. The molecule has 65 heavy (non-hydrogen) atoms. The summed E-state index contributed by atoms with van der Waals surface area (Å²) in [7, 11) is 0. The van der Waals surface area contributed by atoms with Crippen LogP contribution in [0.15, 0.2) is 36.5 Å². The van der Waals surface area contributed by atoms with Gasteiger partial charge in [0.05, 0.1) is 0 Å². The number of carbonyl (C=O) groups is 3. The van der Waals surface area contributed by atoms with E-state index in [1.165, 1.54) is 199 Å². The lowest BCUT2D eigenvalue weighted by molar-refractivity contribution is -0.167. The highest BCUT2D eigenvalue weighted by molar-refractivity contribution is 5.71. The second kappa shape index (κ2) is 54.2. The molecule has 0 aliphatic rings.